The predicted octanol–water partition coefficient (Wildman–Crippen LogP) is -1.63. The molecule has 0 aromatic carbocycles. The lowest BCUT2D eigenvalue weighted by Gasteiger charge is -2.25. The Morgan fingerprint density at radius 2 is 2.24 bits per heavy atom. The fourth-order valence-electron chi connectivity index (χ4n) is 1.55. The first-order valence-corrected chi connectivity index (χ1v) is 5.91. The monoisotopic (exact) mass is 245 g/mol. The van der Waals surface area contributed by atoms with Gasteiger partial charge in [-0.25, -0.2) is 5.84 Å². The van der Waals surface area contributed by atoms with Gasteiger partial charge in [-0.15, -0.1) is 0 Å². The van der Waals surface area contributed by atoms with Gasteiger partial charge in [0.1, 0.15) is 0 Å². The third kappa shape index (κ3) is 6.42. The number of hydrogen-bond acceptors (Lipinski definition) is 5. The van der Waals surface area contributed by atoms with E-state index in [2.05, 4.69) is 20.6 Å². The molecule has 0 saturated carbocycles. The zero-order chi connectivity index (χ0) is 12.3. The summed E-state index contributed by atoms with van der Waals surface area (Å²) >= 11 is 0. The van der Waals surface area contributed by atoms with Crippen LogP contribution < -0.4 is 16.6 Å². The van der Waals surface area contributed by atoms with Crippen LogP contribution in [0, 0.1) is 0 Å². The zero-order valence-electron chi connectivity index (χ0n) is 10.4. The molecule has 0 amide bonds. The first-order chi connectivity index (χ1) is 8.36. The van der Waals surface area contributed by atoms with Crippen molar-refractivity contribution in [1.29, 1.82) is 0 Å². The van der Waals surface area contributed by atoms with Crippen molar-refractivity contribution in [3.05, 3.63) is 0 Å². The van der Waals surface area contributed by atoms with Crippen LogP contribution in [0.25, 0.3) is 0 Å². The molecule has 100 valence electrons. The number of nitrogens with one attached hydrogen (secondary N) is 2. The highest BCUT2D eigenvalue weighted by molar-refractivity contribution is 5.79. The number of aliphatic imine (C=N–C) groups is 1. The summed E-state index contributed by atoms with van der Waals surface area (Å²) < 4.78 is 10.2. The largest absolute Gasteiger partial charge is 0.383 e. The number of guanidine groups is 1. The van der Waals surface area contributed by atoms with Crippen molar-refractivity contribution in [3.63, 3.8) is 0 Å². The minimum atomic E-state index is 0.607. The van der Waals surface area contributed by atoms with Crippen LogP contribution in [0.4, 0.5) is 0 Å². The van der Waals surface area contributed by atoms with Crippen LogP contribution in [0.1, 0.15) is 0 Å². The Kier molecular flexibility index (Phi) is 7.65. The molecule has 0 bridgehead atoms. The highest BCUT2D eigenvalue weighted by Gasteiger charge is 2.08. The van der Waals surface area contributed by atoms with E-state index in [9.17, 15) is 0 Å². The number of ether oxygens (including phenoxy) is 2. The van der Waals surface area contributed by atoms with E-state index in [1.165, 1.54) is 0 Å². The van der Waals surface area contributed by atoms with Gasteiger partial charge in [0.05, 0.1) is 26.4 Å². The van der Waals surface area contributed by atoms with E-state index in [0.717, 1.165) is 39.4 Å². The van der Waals surface area contributed by atoms with Crippen molar-refractivity contribution in [2.75, 3.05) is 59.7 Å². The average Bonchev–Trinajstić information content (AvgIpc) is 2.38. The Morgan fingerprint density at radius 3 is 2.88 bits per heavy atom. The lowest BCUT2D eigenvalue weighted by molar-refractivity contribution is 0.0394. The summed E-state index contributed by atoms with van der Waals surface area (Å²) in [6, 6.07) is 0. The van der Waals surface area contributed by atoms with Crippen molar-refractivity contribution < 1.29 is 9.47 Å². The number of morpholine rings is 1. The van der Waals surface area contributed by atoms with Gasteiger partial charge < -0.3 is 14.8 Å². The van der Waals surface area contributed by atoms with E-state index < -0.39 is 0 Å². The molecule has 7 nitrogen and oxygen atoms in total. The minimum absolute atomic E-state index is 0.607. The first kappa shape index (κ1) is 14.2. The maximum atomic E-state index is 5.36. The summed E-state index contributed by atoms with van der Waals surface area (Å²) in [6.45, 7) is 6.58. The van der Waals surface area contributed by atoms with Crippen molar-refractivity contribution in [1.82, 2.24) is 15.6 Å². The van der Waals surface area contributed by atoms with Gasteiger partial charge in [0, 0.05) is 33.3 Å². The van der Waals surface area contributed by atoms with E-state index in [1.807, 2.05) is 0 Å². The summed E-state index contributed by atoms with van der Waals surface area (Å²) in [4.78, 5) is 6.67. The molecule has 1 aliphatic rings. The molecule has 17 heavy (non-hydrogen) atoms. The normalized spacial score (nSPS) is 18.1. The predicted molar refractivity (Wildman–Crippen MR) is 66.8 cm³/mol. The van der Waals surface area contributed by atoms with Gasteiger partial charge in [-0.05, 0) is 0 Å². The zero-order valence-corrected chi connectivity index (χ0v) is 10.4. The smallest absolute Gasteiger partial charge is 0.205 e. The van der Waals surface area contributed by atoms with Crippen LogP contribution >= 0.6 is 0 Å². The van der Waals surface area contributed by atoms with Crippen LogP contribution in [0.5, 0.6) is 0 Å². The van der Waals surface area contributed by atoms with Gasteiger partial charge in [-0.3, -0.25) is 15.3 Å². The Balaban J connectivity index is 2.14. The number of rotatable bonds is 6. The second-order valence-corrected chi connectivity index (χ2v) is 3.75. The number of nitrogens with two attached hydrogens (primary N) is 1. The third-order valence-corrected chi connectivity index (χ3v) is 2.53. The quantitative estimate of drug-likeness (QED) is 0.171. The maximum Gasteiger partial charge on any atom is 0.205 e. The van der Waals surface area contributed by atoms with Crippen molar-refractivity contribution in [2.24, 2.45) is 10.8 Å². The summed E-state index contributed by atoms with van der Waals surface area (Å²) in [6.07, 6.45) is 0. The van der Waals surface area contributed by atoms with Gasteiger partial charge in [0.25, 0.3) is 0 Å². The molecule has 0 aromatic rings. The molecule has 0 atom stereocenters. The number of nitrogens with zero attached hydrogens (tertiary/aromatic N) is 2. The molecular weight excluding hydrogens is 222 g/mol. The number of methoxy groups -OCH3 is 1. The lowest BCUT2D eigenvalue weighted by Crippen LogP contribution is -2.43. The summed E-state index contributed by atoms with van der Waals surface area (Å²) in [7, 11) is 1.66. The standard InChI is InChI=1S/C10H23N5O2/c1-16-7-3-13-10(14-11)12-2-4-15-5-8-17-9-6-15/h2-9,11H2,1H3,(H2,12,13,14). The van der Waals surface area contributed by atoms with Crippen LogP contribution in [-0.2, 0) is 9.47 Å². The molecule has 1 rings (SSSR count). The van der Waals surface area contributed by atoms with Crippen LogP contribution in [0.15, 0.2) is 4.99 Å². The van der Waals surface area contributed by atoms with Crippen molar-refractivity contribution >= 4 is 5.96 Å². The minimum Gasteiger partial charge on any atom is -0.383 e. The molecule has 1 saturated heterocycles. The number of hydrogen-bond donors (Lipinski definition) is 3. The first-order valence-electron chi connectivity index (χ1n) is 5.91. The molecule has 4 N–H and O–H groups in total. The van der Waals surface area contributed by atoms with E-state index >= 15 is 0 Å². The Hall–Kier alpha value is -0.890. The van der Waals surface area contributed by atoms with Gasteiger partial charge >= 0.3 is 0 Å². The molecule has 1 aliphatic heterocycles. The molecule has 1 fully saturated rings. The summed E-state index contributed by atoms with van der Waals surface area (Å²) in [5, 5.41) is 3.05. The molecule has 0 aromatic heterocycles. The highest BCUT2D eigenvalue weighted by atomic mass is 16.5. The molecule has 1 heterocycles. The van der Waals surface area contributed by atoms with Gasteiger partial charge in [-0.1, -0.05) is 0 Å². The summed E-state index contributed by atoms with van der Waals surface area (Å²) in [5.74, 6) is 5.96. The Morgan fingerprint density at radius 1 is 1.47 bits per heavy atom. The molecular formula is C10H23N5O2. The van der Waals surface area contributed by atoms with E-state index in [-0.39, 0.29) is 0 Å². The molecule has 0 spiro atoms. The van der Waals surface area contributed by atoms with Crippen LogP contribution in [-0.4, -0.2) is 70.5 Å². The van der Waals surface area contributed by atoms with E-state index in [0.29, 0.717) is 19.1 Å². The Labute approximate surface area is 102 Å². The van der Waals surface area contributed by atoms with Crippen molar-refractivity contribution in [2.45, 2.75) is 0 Å². The second-order valence-electron chi connectivity index (χ2n) is 3.75. The fraction of sp³-hybridized carbons (Fsp3) is 0.900. The average molecular weight is 245 g/mol. The Bertz CT molecular complexity index is 219. The van der Waals surface area contributed by atoms with Gasteiger partial charge in [0.15, 0.2) is 0 Å². The van der Waals surface area contributed by atoms with E-state index in [1.54, 1.807) is 7.11 Å². The van der Waals surface area contributed by atoms with Gasteiger partial charge in [-0.2, -0.15) is 0 Å². The molecule has 0 radical (unpaired) electrons. The topological polar surface area (TPSA) is 84.1 Å². The molecule has 0 unspecified atom stereocenters. The second kappa shape index (κ2) is 9.17. The maximum absolute atomic E-state index is 5.36. The number of hydrazine groups is 1. The highest BCUT2D eigenvalue weighted by Crippen LogP contribution is 1.95. The summed E-state index contributed by atoms with van der Waals surface area (Å²) in [5.41, 5.74) is 2.54. The third-order valence-electron chi connectivity index (χ3n) is 2.53. The van der Waals surface area contributed by atoms with Crippen molar-refractivity contribution in [3.8, 4) is 0 Å². The van der Waals surface area contributed by atoms with E-state index in [4.69, 9.17) is 15.3 Å². The van der Waals surface area contributed by atoms with Crippen LogP contribution in [0.2, 0.25) is 0 Å². The van der Waals surface area contributed by atoms with Crippen LogP contribution in [0.3, 0.4) is 0 Å². The molecule has 7 heteroatoms. The molecule has 0 aliphatic carbocycles. The van der Waals surface area contributed by atoms with Gasteiger partial charge in [0.2, 0.25) is 5.96 Å². The lowest BCUT2D eigenvalue weighted by atomic mass is 10.4. The SMILES string of the molecule is COCCNC(=NCCN1CCOCC1)NN. The fourth-order valence-corrected chi connectivity index (χ4v) is 1.55.